The summed E-state index contributed by atoms with van der Waals surface area (Å²) in [6.07, 6.45) is 3.02. The maximum Gasteiger partial charge on any atom is 0.323 e. The summed E-state index contributed by atoms with van der Waals surface area (Å²) < 4.78 is 26.4. The van der Waals surface area contributed by atoms with Gasteiger partial charge in [0.05, 0.1) is 17.2 Å². The van der Waals surface area contributed by atoms with E-state index in [1.54, 1.807) is 66.9 Å². The number of nitrogens with zero attached hydrogens (tertiary/aromatic N) is 2. The smallest absolute Gasteiger partial charge is 0.323 e. The first kappa shape index (κ1) is 28.5. The molecule has 4 aromatic rings. The number of aliphatic carboxylic acids is 1. The van der Waals surface area contributed by atoms with Crippen LogP contribution in [0.1, 0.15) is 22.3 Å². The Morgan fingerprint density at radius 2 is 1.82 bits per heavy atom. The number of ether oxygens (including phenoxy) is 2. The Kier molecular flexibility index (Phi) is 9.65. The molecule has 1 aromatic heterocycles. The van der Waals surface area contributed by atoms with Crippen molar-refractivity contribution in [2.24, 2.45) is 0 Å². The first-order valence-electron chi connectivity index (χ1n) is 12.2. The summed E-state index contributed by atoms with van der Waals surface area (Å²) in [5.74, 6) is -0.707. The minimum absolute atomic E-state index is 0.0951. The number of benzene rings is 3. The molecule has 0 unspecified atom stereocenters. The molecule has 0 saturated heterocycles. The van der Waals surface area contributed by atoms with Crippen molar-refractivity contribution in [3.8, 4) is 28.7 Å². The van der Waals surface area contributed by atoms with Crippen LogP contribution in [0.2, 0.25) is 5.02 Å². The van der Waals surface area contributed by atoms with Crippen LogP contribution in [-0.4, -0.2) is 33.8 Å². The number of rotatable bonds is 12. The van der Waals surface area contributed by atoms with Crippen LogP contribution < -0.4 is 14.8 Å². The molecule has 4 rings (SSSR count). The number of nitriles is 1. The van der Waals surface area contributed by atoms with Gasteiger partial charge in [-0.1, -0.05) is 54.1 Å². The highest BCUT2D eigenvalue weighted by Crippen LogP contribution is 2.33. The number of aliphatic hydroxyl groups excluding tert-OH is 1. The molecule has 204 valence electrons. The van der Waals surface area contributed by atoms with E-state index < -0.39 is 18.6 Å². The predicted octanol–water partition coefficient (Wildman–Crippen LogP) is 5.11. The van der Waals surface area contributed by atoms with Crippen LogP contribution in [0.3, 0.4) is 0 Å². The average Bonchev–Trinajstić information content (AvgIpc) is 2.97. The SMILES string of the molecule is N#Cc1cncc(COc2cc(OCc3cccc(-c4ccccc4F)c3Cl)ccc2CN[C@@H](CO)C(=O)O)c1. The fourth-order valence-electron chi connectivity index (χ4n) is 3.90. The monoisotopic (exact) mass is 561 g/mol. The van der Waals surface area contributed by atoms with Gasteiger partial charge in [0.1, 0.15) is 42.6 Å². The maximum absolute atomic E-state index is 14.4. The van der Waals surface area contributed by atoms with E-state index in [1.165, 1.54) is 12.3 Å². The van der Waals surface area contributed by atoms with Gasteiger partial charge < -0.3 is 19.7 Å². The highest BCUT2D eigenvalue weighted by molar-refractivity contribution is 6.34. The Hall–Kier alpha value is -4.49. The molecule has 0 radical (unpaired) electrons. The largest absolute Gasteiger partial charge is 0.489 e. The second kappa shape index (κ2) is 13.5. The maximum atomic E-state index is 14.4. The third-order valence-electron chi connectivity index (χ3n) is 6.01. The van der Waals surface area contributed by atoms with Crippen LogP contribution in [0, 0.1) is 17.1 Å². The molecule has 3 aromatic carbocycles. The Bertz CT molecular complexity index is 1540. The average molecular weight is 562 g/mol. The Morgan fingerprint density at radius 3 is 2.58 bits per heavy atom. The molecule has 0 aliphatic heterocycles. The zero-order valence-electron chi connectivity index (χ0n) is 21.2. The zero-order valence-corrected chi connectivity index (χ0v) is 21.9. The van der Waals surface area contributed by atoms with Crippen LogP contribution in [-0.2, 0) is 24.6 Å². The van der Waals surface area contributed by atoms with E-state index in [0.29, 0.717) is 49.9 Å². The molecule has 8 nitrogen and oxygen atoms in total. The van der Waals surface area contributed by atoms with Crippen molar-refractivity contribution in [3.63, 3.8) is 0 Å². The first-order valence-corrected chi connectivity index (χ1v) is 12.6. The van der Waals surface area contributed by atoms with Crippen molar-refractivity contribution in [3.05, 3.63) is 112 Å². The van der Waals surface area contributed by atoms with E-state index in [9.17, 15) is 19.4 Å². The van der Waals surface area contributed by atoms with Gasteiger partial charge in [-0.3, -0.25) is 15.1 Å². The lowest BCUT2D eigenvalue weighted by molar-refractivity contribution is -0.140. The Morgan fingerprint density at radius 1 is 1.02 bits per heavy atom. The van der Waals surface area contributed by atoms with Crippen LogP contribution in [0.5, 0.6) is 11.5 Å². The lowest BCUT2D eigenvalue weighted by Crippen LogP contribution is -2.39. The van der Waals surface area contributed by atoms with E-state index in [1.807, 2.05) is 6.07 Å². The second-order valence-corrected chi connectivity index (χ2v) is 9.13. The van der Waals surface area contributed by atoms with Gasteiger partial charge in [-0.05, 0) is 18.2 Å². The standard InChI is InChI=1S/C30H25ClFN3O5/c31-29-22(4-3-6-25(29)24-5-1-2-7-26(24)32)18-39-23-9-8-21(15-35-27(16-36)30(37)38)28(11-23)40-17-20-10-19(12-33)13-34-14-20/h1-11,13-14,27,35-36H,15-18H2,(H,37,38)/t27-/m0/s1. The number of carboxylic acids is 1. The fraction of sp³-hybridized carbons (Fsp3) is 0.167. The molecule has 0 bridgehead atoms. The van der Waals surface area contributed by atoms with Gasteiger partial charge in [-0.25, -0.2) is 4.39 Å². The van der Waals surface area contributed by atoms with E-state index in [-0.39, 0.29) is 25.6 Å². The van der Waals surface area contributed by atoms with E-state index in [4.69, 9.17) is 26.3 Å². The number of carbonyl (C=O) groups is 1. The molecule has 0 aliphatic rings. The van der Waals surface area contributed by atoms with Crippen molar-refractivity contribution in [2.75, 3.05) is 6.61 Å². The second-order valence-electron chi connectivity index (χ2n) is 8.75. The minimum Gasteiger partial charge on any atom is -0.489 e. The quantitative estimate of drug-likeness (QED) is 0.218. The topological polar surface area (TPSA) is 125 Å². The molecule has 0 fully saturated rings. The highest BCUT2D eigenvalue weighted by Gasteiger charge is 2.17. The molecule has 10 heteroatoms. The van der Waals surface area contributed by atoms with Gasteiger partial charge >= 0.3 is 5.97 Å². The summed E-state index contributed by atoms with van der Waals surface area (Å²) in [6, 6.07) is 19.3. The number of hydrogen-bond acceptors (Lipinski definition) is 7. The number of hydrogen-bond donors (Lipinski definition) is 3. The number of nitrogens with one attached hydrogen (secondary N) is 1. The van der Waals surface area contributed by atoms with Crippen LogP contribution in [0.25, 0.3) is 11.1 Å². The van der Waals surface area contributed by atoms with E-state index >= 15 is 0 Å². The summed E-state index contributed by atoms with van der Waals surface area (Å²) in [5.41, 5.74) is 3.27. The van der Waals surface area contributed by atoms with Gasteiger partial charge in [-0.2, -0.15) is 5.26 Å². The highest BCUT2D eigenvalue weighted by atomic mass is 35.5. The number of aliphatic hydroxyl groups is 1. The first-order chi connectivity index (χ1) is 19.4. The molecule has 0 aliphatic carbocycles. The normalized spacial score (nSPS) is 11.4. The Labute approximate surface area is 235 Å². The lowest BCUT2D eigenvalue weighted by atomic mass is 10.0. The predicted molar refractivity (Wildman–Crippen MR) is 146 cm³/mol. The summed E-state index contributed by atoms with van der Waals surface area (Å²) in [7, 11) is 0. The Balaban J connectivity index is 1.54. The number of aromatic nitrogens is 1. The molecular formula is C30H25ClFN3O5. The van der Waals surface area contributed by atoms with Gasteiger partial charge in [0.15, 0.2) is 0 Å². The number of carboxylic acid groups (broad SMARTS) is 1. The summed E-state index contributed by atoms with van der Waals surface area (Å²) in [5, 5.41) is 30.9. The molecule has 0 saturated carbocycles. The molecule has 1 atom stereocenters. The van der Waals surface area contributed by atoms with E-state index in [2.05, 4.69) is 10.3 Å². The third kappa shape index (κ3) is 7.12. The van der Waals surface area contributed by atoms with Crippen molar-refractivity contribution in [1.82, 2.24) is 10.3 Å². The van der Waals surface area contributed by atoms with Gasteiger partial charge in [-0.15, -0.1) is 0 Å². The lowest BCUT2D eigenvalue weighted by Gasteiger charge is -2.17. The minimum atomic E-state index is -1.18. The summed E-state index contributed by atoms with van der Waals surface area (Å²) in [6.45, 7) is -0.290. The van der Waals surface area contributed by atoms with E-state index in [0.717, 1.165) is 0 Å². The molecule has 40 heavy (non-hydrogen) atoms. The molecular weight excluding hydrogens is 537 g/mol. The van der Waals surface area contributed by atoms with Gasteiger partial charge in [0.25, 0.3) is 0 Å². The van der Waals surface area contributed by atoms with Crippen molar-refractivity contribution in [1.29, 1.82) is 5.26 Å². The van der Waals surface area contributed by atoms with Crippen LogP contribution in [0.15, 0.2) is 79.1 Å². The molecule has 0 amide bonds. The van der Waals surface area contributed by atoms with Crippen molar-refractivity contribution >= 4 is 17.6 Å². The fourth-order valence-corrected chi connectivity index (χ4v) is 4.18. The van der Waals surface area contributed by atoms with Gasteiger partial charge in [0, 0.05) is 52.8 Å². The molecule has 1 heterocycles. The van der Waals surface area contributed by atoms with Gasteiger partial charge in [0.2, 0.25) is 0 Å². The third-order valence-corrected chi connectivity index (χ3v) is 6.46. The van der Waals surface area contributed by atoms with Crippen LogP contribution >= 0.6 is 11.6 Å². The van der Waals surface area contributed by atoms with Crippen molar-refractivity contribution in [2.45, 2.75) is 25.8 Å². The number of halogens is 2. The molecule has 0 spiro atoms. The number of pyridine rings is 1. The zero-order chi connectivity index (χ0) is 28.5. The van der Waals surface area contributed by atoms with Crippen LogP contribution in [0.4, 0.5) is 4.39 Å². The summed E-state index contributed by atoms with van der Waals surface area (Å²) in [4.78, 5) is 15.3. The van der Waals surface area contributed by atoms with Crippen molar-refractivity contribution < 1.29 is 28.9 Å². The molecule has 3 N–H and O–H groups in total. The summed E-state index contributed by atoms with van der Waals surface area (Å²) >= 11 is 6.61.